The van der Waals surface area contributed by atoms with Gasteiger partial charge < -0.3 is 9.42 Å². The summed E-state index contributed by atoms with van der Waals surface area (Å²) in [6.07, 6.45) is 2.79. The molecule has 0 amide bonds. The Bertz CT molecular complexity index is 1230. The minimum Gasteiger partial charge on any atom is -0.361 e. The number of hydrogen-bond acceptors (Lipinski definition) is 6. The number of aryl methyl sites for hydroxylation is 3. The number of hydrogen-bond donors (Lipinski definition) is 0. The van der Waals surface area contributed by atoms with Gasteiger partial charge in [-0.05, 0) is 50.6 Å². The van der Waals surface area contributed by atoms with Crippen molar-refractivity contribution < 1.29 is 4.52 Å². The number of rotatable bonds is 2. The average molecular weight is 406 g/mol. The van der Waals surface area contributed by atoms with Gasteiger partial charge in [0.05, 0.1) is 11.2 Å². The molecular formula is C22H20ClN5O. The maximum Gasteiger partial charge on any atom is 0.141 e. The van der Waals surface area contributed by atoms with Gasteiger partial charge in [0.15, 0.2) is 0 Å². The Hall–Kier alpha value is -2.99. The molecule has 4 aromatic rings. The molecule has 0 unspecified atom stereocenters. The Labute approximate surface area is 173 Å². The van der Waals surface area contributed by atoms with Crippen molar-refractivity contribution in [2.24, 2.45) is 0 Å². The lowest BCUT2D eigenvalue weighted by atomic mass is 9.99. The van der Waals surface area contributed by atoms with Crippen molar-refractivity contribution in [1.82, 2.24) is 20.1 Å². The van der Waals surface area contributed by atoms with Crippen molar-refractivity contribution in [1.29, 1.82) is 0 Å². The molecule has 0 bridgehead atoms. The van der Waals surface area contributed by atoms with Crippen molar-refractivity contribution in [2.75, 3.05) is 11.4 Å². The maximum atomic E-state index is 6.26. The summed E-state index contributed by atoms with van der Waals surface area (Å²) in [5, 5.41) is 5.74. The third-order valence-corrected chi connectivity index (χ3v) is 5.65. The molecular weight excluding hydrogens is 386 g/mol. The molecule has 4 heterocycles. The van der Waals surface area contributed by atoms with E-state index in [2.05, 4.69) is 21.1 Å². The third-order valence-electron chi connectivity index (χ3n) is 5.41. The molecule has 0 aliphatic carbocycles. The van der Waals surface area contributed by atoms with E-state index >= 15 is 0 Å². The predicted molar refractivity (Wildman–Crippen MR) is 113 cm³/mol. The van der Waals surface area contributed by atoms with Crippen LogP contribution in [0, 0.1) is 20.8 Å². The molecule has 7 heteroatoms. The molecule has 1 aliphatic rings. The van der Waals surface area contributed by atoms with Gasteiger partial charge in [-0.25, -0.2) is 9.97 Å². The molecule has 0 atom stereocenters. The highest BCUT2D eigenvalue weighted by molar-refractivity contribution is 6.31. The van der Waals surface area contributed by atoms with Gasteiger partial charge in [-0.2, -0.15) is 0 Å². The van der Waals surface area contributed by atoms with Gasteiger partial charge in [0.25, 0.3) is 0 Å². The minimum absolute atomic E-state index is 0.686. The van der Waals surface area contributed by atoms with E-state index in [9.17, 15) is 0 Å². The molecule has 146 valence electrons. The van der Waals surface area contributed by atoms with Gasteiger partial charge in [0.1, 0.15) is 17.4 Å². The summed E-state index contributed by atoms with van der Waals surface area (Å²) >= 11 is 6.26. The molecule has 1 aliphatic heterocycles. The van der Waals surface area contributed by atoms with E-state index in [1.807, 2.05) is 45.2 Å². The molecule has 0 fully saturated rings. The first-order chi connectivity index (χ1) is 14.0. The van der Waals surface area contributed by atoms with Gasteiger partial charge in [0.2, 0.25) is 0 Å². The van der Waals surface area contributed by atoms with Crippen LogP contribution in [0.5, 0.6) is 0 Å². The van der Waals surface area contributed by atoms with Gasteiger partial charge in [0, 0.05) is 52.9 Å². The van der Waals surface area contributed by atoms with Crippen LogP contribution in [0.1, 0.15) is 28.5 Å². The highest BCUT2D eigenvalue weighted by Crippen LogP contribution is 2.33. The number of pyridine rings is 1. The van der Waals surface area contributed by atoms with Crippen molar-refractivity contribution in [3.63, 3.8) is 0 Å². The van der Waals surface area contributed by atoms with Gasteiger partial charge in [-0.3, -0.25) is 4.98 Å². The Morgan fingerprint density at radius 1 is 1.10 bits per heavy atom. The van der Waals surface area contributed by atoms with E-state index in [0.717, 1.165) is 70.3 Å². The molecule has 0 saturated heterocycles. The standard InChI is InChI=1S/C22H20ClN5O/c1-12-21(13(2)29-27-12)15-8-16-11-28(7-6-19(16)24-10-15)22-18-9-17(23)4-5-20(18)25-14(3)26-22/h4-5,8-10H,6-7,11H2,1-3H3. The first-order valence-corrected chi connectivity index (χ1v) is 9.97. The normalized spacial score (nSPS) is 13.7. The number of anilines is 1. The number of halogens is 1. The Kier molecular flexibility index (Phi) is 4.24. The average Bonchev–Trinajstić information content (AvgIpc) is 3.05. The fraction of sp³-hybridized carbons (Fsp3) is 0.273. The van der Waals surface area contributed by atoms with Crippen LogP contribution in [0.4, 0.5) is 5.82 Å². The van der Waals surface area contributed by atoms with E-state index in [1.165, 1.54) is 5.56 Å². The Morgan fingerprint density at radius 3 is 2.76 bits per heavy atom. The van der Waals surface area contributed by atoms with Crippen LogP contribution in [-0.4, -0.2) is 26.7 Å². The fourth-order valence-corrected chi connectivity index (χ4v) is 4.25. The first kappa shape index (κ1) is 18.1. The van der Waals surface area contributed by atoms with E-state index in [1.54, 1.807) is 0 Å². The van der Waals surface area contributed by atoms with Crippen LogP contribution in [0.15, 0.2) is 35.0 Å². The molecule has 5 rings (SSSR count). The summed E-state index contributed by atoms with van der Waals surface area (Å²) in [5.74, 6) is 2.48. The van der Waals surface area contributed by atoms with Gasteiger partial charge in [-0.15, -0.1) is 0 Å². The van der Waals surface area contributed by atoms with Crippen LogP contribution < -0.4 is 4.90 Å². The van der Waals surface area contributed by atoms with Crippen LogP contribution in [-0.2, 0) is 13.0 Å². The van der Waals surface area contributed by atoms with Crippen LogP contribution in [0.2, 0.25) is 5.02 Å². The van der Waals surface area contributed by atoms with Gasteiger partial charge in [-0.1, -0.05) is 16.8 Å². The maximum absolute atomic E-state index is 6.26. The van der Waals surface area contributed by atoms with Crippen molar-refractivity contribution in [3.8, 4) is 11.1 Å². The SMILES string of the molecule is Cc1nc(N2CCc3ncc(-c4c(C)noc4C)cc3C2)c2cc(Cl)ccc2n1. The number of aromatic nitrogens is 4. The number of fused-ring (bicyclic) bond motifs is 2. The second-order valence-electron chi connectivity index (χ2n) is 7.46. The summed E-state index contributed by atoms with van der Waals surface area (Å²) in [6.45, 7) is 7.39. The minimum atomic E-state index is 0.686. The summed E-state index contributed by atoms with van der Waals surface area (Å²) < 4.78 is 5.34. The molecule has 3 aromatic heterocycles. The zero-order valence-electron chi connectivity index (χ0n) is 16.5. The Balaban J connectivity index is 1.57. The lowest BCUT2D eigenvalue weighted by Gasteiger charge is -2.30. The van der Waals surface area contributed by atoms with Crippen molar-refractivity contribution in [3.05, 3.63) is 64.0 Å². The Morgan fingerprint density at radius 2 is 1.97 bits per heavy atom. The molecule has 0 saturated carbocycles. The molecule has 29 heavy (non-hydrogen) atoms. The highest BCUT2D eigenvalue weighted by atomic mass is 35.5. The number of benzene rings is 1. The summed E-state index contributed by atoms with van der Waals surface area (Å²) in [6, 6.07) is 7.96. The first-order valence-electron chi connectivity index (χ1n) is 9.59. The zero-order chi connectivity index (χ0) is 20.1. The highest BCUT2D eigenvalue weighted by Gasteiger charge is 2.23. The second kappa shape index (κ2) is 6.81. The van der Waals surface area contributed by atoms with Crippen molar-refractivity contribution >= 4 is 28.3 Å². The molecule has 1 aromatic carbocycles. The summed E-state index contributed by atoms with van der Waals surface area (Å²) in [5.41, 5.74) is 6.17. The molecule has 0 spiro atoms. The second-order valence-corrected chi connectivity index (χ2v) is 7.89. The van der Waals surface area contributed by atoms with E-state index in [4.69, 9.17) is 26.1 Å². The smallest absolute Gasteiger partial charge is 0.141 e. The largest absolute Gasteiger partial charge is 0.361 e. The fourth-order valence-electron chi connectivity index (χ4n) is 4.08. The lowest BCUT2D eigenvalue weighted by molar-refractivity contribution is 0.393. The van der Waals surface area contributed by atoms with E-state index in [-0.39, 0.29) is 0 Å². The van der Waals surface area contributed by atoms with Crippen LogP contribution in [0.3, 0.4) is 0 Å². The van der Waals surface area contributed by atoms with E-state index in [0.29, 0.717) is 5.02 Å². The quantitative estimate of drug-likeness (QED) is 0.476. The van der Waals surface area contributed by atoms with Gasteiger partial charge >= 0.3 is 0 Å². The van der Waals surface area contributed by atoms with Crippen molar-refractivity contribution in [2.45, 2.75) is 33.7 Å². The molecule has 6 nitrogen and oxygen atoms in total. The summed E-state index contributed by atoms with van der Waals surface area (Å²) in [4.78, 5) is 16.3. The lowest BCUT2D eigenvalue weighted by Crippen LogP contribution is -2.32. The third kappa shape index (κ3) is 3.13. The predicted octanol–water partition coefficient (Wildman–Crippen LogP) is 4.82. The number of nitrogens with zero attached hydrogens (tertiary/aromatic N) is 5. The van der Waals surface area contributed by atoms with E-state index < -0.39 is 0 Å². The van der Waals surface area contributed by atoms with Crippen LogP contribution in [0.25, 0.3) is 22.0 Å². The monoisotopic (exact) mass is 405 g/mol. The molecule has 0 radical (unpaired) electrons. The topological polar surface area (TPSA) is 67.9 Å². The van der Waals surface area contributed by atoms with Crippen LogP contribution >= 0.6 is 11.6 Å². The summed E-state index contributed by atoms with van der Waals surface area (Å²) in [7, 11) is 0. The molecule has 0 N–H and O–H groups in total. The zero-order valence-corrected chi connectivity index (χ0v) is 17.3.